The van der Waals surface area contributed by atoms with Crippen LogP contribution in [0.4, 0.5) is 0 Å². The van der Waals surface area contributed by atoms with Crippen LogP contribution in [0.15, 0.2) is 0 Å². The molecular weight excluding hydrogens is 453 g/mol. The summed E-state index contributed by atoms with van der Waals surface area (Å²) in [5, 5.41) is 0. The first-order valence-corrected chi connectivity index (χ1v) is 11.2. The van der Waals surface area contributed by atoms with Gasteiger partial charge in [-0.05, 0) is 6.42 Å². The Morgan fingerprint density at radius 3 is 1.59 bits per heavy atom. The molecule has 1 aliphatic heterocycles. The van der Waals surface area contributed by atoms with Crippen LogP contribution in [0.5, 0.6) is 0 Å². The first kappa shape index (κ1) is 27.6. The van der Waals surface area contributed by atoms with Crippen LogP contribution >= 0.6 is 0 Å². The Labute approximate surface area is 186 Å². The Balaban J connectivity index is 0.00000676. The topological polar surface area (TPSA) is 27.7 Å². The normalized spacial score (nSPS) is 19.1. The molecule has 4 nitrogen and oxygen atoms in total. The summed E-state index contributed by atoms with van der Waals surface area (Å²) >= 11 is 0. The van der Waals surface area contributed by atoms with Crippen molar-refractivity contribution >= 4 is 0 Å². The van der Waals surface area contributed by atoms with Crippen LogP contribution in [0.2, 0.25) is 0 Å². The Morgan fingerprint density at radius 1 is 0.741 bits per heavy atom. The van der Waals surface area contributed by atoms with E-state index in [1.807, 2.05) is 6.92 Å². The minimum atomic E-state index is -0.849. The summed E-state index contributed by atoms with van der Waals surface area (Å²) in [6.07, 6.45) is 16.3. The second-order valence-electron chi connectivity index (χ2n) is 8.68. The minimum Gasteiger partial charge on any atom is -1.00 e. The van der Waals surface area contributed by atoms with Crippen LogP contribution in [0.3, 0.4) is 0 Å². The number of ether oxygens (including phenoxy) is 3. The maximum Gasteiger partial charge on any atom is 0.280 e. The summed E-state index contributed by atoms with van der Waals surface area (Å²) in [5.74, 6) is -0.849. The second-order valence-corrected chi connectivity index (χ2v) is 8.68. The predicted octanol–water partition coefficient (Wildman–Crippen LogP) is 2.51. The Morgan fingerprint density at radius 2 is 1.15 bits per heavy atom. The fourth-order valence-electron chi connectivity index (χ4n) is 3.39. The molecule has 0 bridgehead atoms. The number of hydrogen-bond donors (Lipinski definition) is 0. The predicted molar refractivity (Wildman–Crippen MR) is 109 cm³/mol. The van der Waals surface area contributed by atoms with Crippen molar-refractivity contribution in [3.05, 3.63) is 0 Å². The average Bonchev–Trinajstić information content (AvgIpc) is 2.57. The molecule has 0 atom stereocenters. The van der Waals surface area contributed by atoms with Gasteiger partial charge < -0.3 is 42.7 Å². The highest BCUT2D eigenvalue weighted by atomic mass is 127. The van der Waals surface area contributed by atoms with E-state index in [4.69, 9.17) is 14.2 Å². The van der Waals surface area contributed by atoms with Crippen molar-refractivity contribution in [2.24, 2.45) is 0 Å². The van der Waals surface area contributed by atoms with Crippen LogP contribution in [0.1, 0.15) is 90.9 Å². The molecule has 27 heavy (non-hydrogen) atoms. The van der Waals surface area contributed by atoms with E-state index >= 15 is 0 Å². The molecule has 1 heterocycles. The number of quaternary nitrogens is 1. The van der Waals surface area contributed by atoms with Crippen molar-refractivity contribution < 1.29 is 42.7 Å². The maximum atomic E-state index is 5.91. The lowest BCUT2D eigenvalue weighted by Gasteiger charge is -2.37. The van der Waals surface area contributed by atoms with Gasteiger partial charge in [-0.15, -0.1) is 0 Å². The molecule has 1 fully saturated rings. The molecule has 0 saturated carbocycles. The van der Waals surface area contributed by atoms with Crippen molar-refractivity contribution in [2.45, 2.75) is 96.9 Å². The molecule has 0 aromatic rings. The van der Waals surface area contributed by atoms with E-state index in [0.717, 1.165) is 30.6 Å². The molecule has 1 aliphatic rings. The lowest BCUT2D eigenvalue weighted by Crippen LogP contribution is -3.00. The summed E-state index contributed by atoms with van der Waals surface area (Å²) in [7, 11) is 4.42. The molecule has 0 spiro atoms. The highest BCUT2D eigenvalue weighted by molar-refractivity contribution is 4.54. The molecular formula is C22H46INO3. The fourth-order valence-corrected chi connectivity index (χ4v) is 3.39. The second kappa shape index (κ2) is 16.4. The Kier molecular flexibility index (Phi) is 16.7. The number of unbranched alkanes of at least 4 members (excludes halogenated alkanes) is 11. The first-order chi connectivity index (χ1) is 12.5. The van der Waals surface area contributed by atoms with Crippen molar-refractivity contribution in [3.63, 3.8) is 0 Å². The van der Waals surface area contributed by atoms with Gasteiger partial charge in [0, 0.05) is 6.92 Å². The molecule has 5 heteroatoms. The zero-order chi connectivity index (χ0) is 19.1. The highest BCUT2D eigenvalue weighted by Gasteiger charge is 2.31. The third-order valence-corrected chi connectivity index (χ3v) is 5.48. The lowest BCUT2D eigenvalue weighted by molar-refractivity contribution is -0.894. The minimum absolute atomic E-state index is 0. The standard InChI is InChI=1S/C22H46NO3.HI/c1-5-6-7-8-9-10-11-12-13-14-15-16-19-24-22(2)25-20-17-23(3,4)18-21-26-22;/h5-21H2,1-4H3;1H/q+1;/p-1. The van der Waals surface area contributed by atoms with Crippen LogP contribution in [-0.2, 0) is 14.2 Å². The number of nitrogens with zero attached hydrogens (tertiary/aromatic N) is 1. The van der Waals surface area contributed by atoms with Gasteiger partial charge in [0.1, 0.15) is 26.3 Å². The first-order valence-electron chi connectivity index (χ1n) is 11.2. The molecule has 0 amide bonds. The summed E-state index contributed by atoms with van der Waals surface area (Å²) in [6, 6.07) is 0. The van der Waals surface area contributed by atoms with Gasteiger partial charge in [-0.3, -0.25) is 0 Å². The smallest absolute Gasteiger partial charge is 0.280 e. The third kappa shape index (κ3) is 15.1. The van der Waals surface area contributed by atoms with Crippen molar-refractivity contribution in [1.82, 2.24) is 0 Å². The SMILES string of the molecule is CCCCCCCCCCCCCCOC1(C)OCC[N+](C)(C)CCO1.[I-]. The third-order valence-electron chi connectivity index (χ3n) is 5.48. The van der Waals surface area contributed by atoms with Crippen LogP contribution in [0, 0.1) is 0 Å². The van der Waals surface area contributed by atoms with Crippen LogP contribution in [-0.4, -0.2) is 57.5 Å². The summed E-state index contributed by atoms with van der Waals surface area (Å²) < 4.78 is 18.6. The average molecular weight is 500 g/mol. The monoisotopic (exact) mass is 499 g/mol. The van der Waals surface area contributed by atoms with E-state index in [0.29, 0.717) is 13.2 Å². The summed E-state index contributed by atoms with van der Waals surface area (Å²) in [5.41, 5.74) is 0. The molecule has 1 rings (SSSR count). The Hall–Kier alpha value is 0.570. The molecule has 0 unspecified atom stereocenters. The zero-order valence-electron chi connectivity index (χ0n) is 18.6. The van der Waals surface area contributed by atoms with Crippen molar-refractivity contribution in [2.75, 3.05) is 47.0 Å². The fraction of sp³-hybridized carbons (Fsp3) is 1.00. The van der Waals surface area contributed by atoms with Gasteiger partial charge in [-0.2, -0.15) is 0 Å². The van der Waals surface area contributed by atoms with Crippen molar-refractivity contribution in [1.29, 1.82) is 0 Å². The van der Waals surface area contributed by atoms with Crippen molar-refractivity contribution in [3.8, 4) is 0 Å². The number of rotatable bonds is 14. The molecule has 0 N–H and O–H groups in total. The van der Waals surface area contributed by atoms with E-state index in [-0.39, 0.29) is 24.0 Å². The van der Waals surface area contributed by atoms with Gasteiger partial charge in [0.2, 0.25) is 0 Å². The maximum absolute atomic E-state index is 5.91. The van der Waals surface area contributed by atoms with Gasteiger partial charge in [0.05, 0.1) is 20.7 Å². The van der Waals surface area contributed by atoms with Gasteiger partial charge in [-0.1, -0.05) is 77.6 Å². The van der Waals surface area contributed by atoms with Gasteiger partial charge in [0.25, 0.3) is 5.97 Å². The number of likely N-dealkylation sites (N-methyl/N-ethyl adjacent to an activating group) is 1. The number of halogens is 1. The van der Waals surface area contributed by atoms with Gasteiger partial charge in [-0.25, -0.2) is 0 Å². The largest absolute Gasteiger partial charge is 1.00 e. The summed E-state index contributed by atoms with van der Waals surface area (Å²) in [4.78, 5) is 0. The quantitative estimate of drug-likeness (QED) is 0.209. The van der Waals surface area contributed by atoms with Gasteiger partial charge >= 0.3 is 0 Å². The van der Waals surface area contributed by atoms with E-state index in [1.54, 1.807) is 0 Å². The van der Waals surface area contributed by atoms with E-state index < -0.39 is 5.97 Å². The van der Waals surface area contributed by atoms with E-state index in [1.165, 1.54) is 70.6 Å². The highest BCUT2D eigenvalue weighted by Crippen LogP contribution is 2.19. The zero-order valence-corrected chi connectivity index (χ0v) is 20.7. The van der Waals surface area contributed by atoms with Crippen LogP contribution < -0.4 is 24.0 Å². The molecule has 0 aromatic heterocycles. The van der Waals surface area contributed by atoms with E-state index in [2.05, 4.69) is 21.0 Å². The molecule has 0 aliphatic carbocycles. The molecule has 0 radical (unpaired) electrons. The lowest BCUT2D eigenvalue weighted by atomic mass is 10.1. The number of hydrogen-bond acceptors (Lipinski definition) is 3. The Bertz CT molecular complexity index is 328. The molecule has 164 valence electrons. The summed E-state index contributed by atoms with van der Waals surface area (Å²) in [6.45, 7) is 8.29. The van der Waals surface area contributed by atoms with Gasteiger partial charge in [0.15, 0.2) is 0 Å². The molecule has 0 aromatic carbocycles. The van der Waals surface area contributed by atoms with E-state index in [9.17, 15) is 0 Å². The molecule has 1 saturated heterocycles. The van der Waals surface area contributed by atoms with Crippen LogP contribution in [0.25, 0.3) is 0 Å².